The highest BCUT2D eigenvalue weighted by Crippen LogP contribution is 2.24. The molecule has 0 radical (unpaired) electrons. The van der Waals surface area contributed by atoms with Crippen molar-refractivity contribution in [2.45, 2.75) is 96.5 Å². The van der Waals surface area contributed by atoms with Crippen molar-refractivity contribution in [3.63, 3.8) is 0 Å². The van der Waals surface area contributed by atoms with Gasteiger partial charge in [0.25, 0.3) is 0 Å². The number of aliphatic hydroxyl groups excluding tert-OH is 1. The molecule has 12 nitrogen and oxygen atoms in total. The fourth-order valence-electron chi connectivity index (χ4n) is 6.46. The molecule has 1 aliphatic heterocycles. The van der Waals surface area contributed by atoms with E-state index in [0.29, 0.717) is 31.6 Å². The Morgan fingerprint density at radius 2 is 1.63 bits per heavy atom. The highest BCUT2D eigenvalue weighted by molar-refractivity contribution is 7.89. The molecule has 1 aliphatic rings. The Labute approximate surface area is 308 Å². The highest BCUT2D eigenvalue weighted by atomic mass is 32.2. The van der Waals surface area contributed by atoms with Gasteiger partial charge in [-0.25, -0.2) is 13.2 Å². The van der Waals surface area contributed by atoms with E-state index in [1.54, 1.807) is 21.9 Å². The van der Waals surface area contributed by atoms with E-state index in [4.69, 9.17) is 4.98 Å². The van der Waals surface area contributed by atoms with Crippen LogP contribution in [-0.2, 0) is 34.3 Å². The van der Waals surface area contributed by atoms with Crippen molar-refractivity contribution < 1.29 is 23.1 Å². The number of nitrogens with zero attached hydrogens (tertiary/aromatic N) is 5. The number of pyridine rings is 1. The Morgan fingerprint density at radius 3 is 2.25 bits per heavy atom. The molecule has 0 unspecified atom stereocenters. The molecular formula is C39H54N6O6S. The van der Waals surface area contributed by atoms with Crippen LogP contribution in [0.25, 0.3) is 0 Å². The number of benzene rings is 2. The predicted molar refractivity (Wildman–Crippen MR) is 202 cm³/mol. The minimum atomic E-state index is -4.06. The summed E-state index contributed by atoms with van der Waals surface area (Å²) in [5.41, 5.74) is 3.17. The molecule has 1 fully saturated rings. The number of hydrogen-bond donors (Lipinski definition) is 2. The Bertz CT molecular complexity index is 1740. The normalized spacial score (nSPS) is 16.0. The fraction of sp³-hybridized carbons (Fsp3) is 0.513. The van der Waals surface area contributed by atoms with Crippen molar-refractivity contribution in [1.29, 1.82) is 0 Å². The van der Waals surface area contributed by atoms with E-state index in [0.717, 1.165) is 17.0 Å². The third kappa shape index (κ3) is 10.4. The van der Waals surface area contributed by atoms with E-state index in [-0.39, 0.29) is 54.7 Å². The van der Waals surface area contributed by atoms with Crippen LogP contribution in [0.5, 0.6) is 0 Å². The molecule has 1 saturated heterocycles. The second-order valence-corrected chi connectivity index (χ2v) is 16.4. The average molecular weight is 735 g/mol. The number of amides is 3. The molecule has 13 heteroatoms. The first kappa shape index (κ1) is 40.6. The highest BCUT2D eigenvalue weighted by Gasteiger charge is 2.41. The van der Waals surface area contributed by atoms with Crippen LogP contribution in [0.4, 0.5) is 4.79 Å². The van der Waals surface area contributed by atoms with Gasteiger partial charge < -0.3 is 20.2 Å². The maximum absolute atomic E-state index is 14.3. The summed E-state index contributed by atoms with van der Waals surface area (Å²) >= 11 is 0. The number of nitrogens with one attached hydrogen (secondary N) is 1. The molecule has 3 aromatic rings. The molecule has 2 heterocycles. The molecule has 3 amide bonds. The Morgan fingerprint density at radius 1 is 0.942 bits per heavy atom. The number of aliphatic hydroxyl groups is 1. The van der Waals surface area contributed by atoms with Crippen molar-refractivity contribution >= 4 is 22.0 Å². The number of urea groups is 1. The molecule has 0 bridgehead atoms. The van der Waals surface area contributed by atoms with E-state index in [1.807, 2.05) is 76.2 Å². The van der Waals surface area contributed by atoms with Crippen LogP contribution < -0.4 is 5.32 Å². The maximum Gasteiger partial charge on any atom is 0.321 e. The molecule has 0 saturated carbocycles. The molecule has 0 spiro atoms. The van der Waals surface area contributed by atoms with Crippen molar-refractivity contribution in [3.05, 3.63) is 100 Å². The van der Waals surface area contributed by atoms with Crippen LogP contribution in [-0.4, -0.2) is 88.9 Å². The van der Waals surface area contributed by atoms with Gasteiger partial charge in [0, 0.05) is 31.9 Å². The van der Waals surface area contributed by atoms with Crippen LogP contribution >= 0.6 is 0 Å². The van der Waals surface area contributed by atoms with Gasteiger partial charge in [0.05, 0.1) is 29.3 Å². The van der Waals surface area contributed by atoms with Gasteiger partial charge in [-0.05, 0) is 59.6 Å². The minimum Gasteiger partial charge on any atom is -0.390 e. The second-order valence-electron chi connectivity index (χ2n) is 14.5. The van der Waals surface area contributed by atoms with E-state index in [2.05, 4.69) is 24.3 Å². The number of hydrogen-bond acceptors (Lipinski definition) is 8. The SMILES string of the molecule is CC[C@H](C)[C@@H](C(=O)N[C@@H](Cc1ccccc1)[C@H](O)CN(CC(C)C)S(=O)(=O)c1ccc(CN=O)cc1)N1CCN(Cc2cccc(C(C)C)n2)C1=O. The lowest BCUT2D eigenvalue weighted by Gasteiger charge is -2.35. The molecule has 4 atom stereocenters. The Balaban J connectivity index is 1.58. The minimum absolute atomic E-state index is 0.0266. The lowest BCUT2D eigenvalue weighted by Crippen LogP contribution is -2.57. The first-order valence-corrected chi connectivity index (χ1v) is 19.6. The summed E-state index contributed by atoms with van der Waals surface area (Å²) in [5, 5.41) is 17.8. The van der Waals surface area contributed by atoms with Crippen molar-refractivity contribution in [1.82, 2.24) is 24.4 Å². The number of nitroso groups, excluding NO2 is 1. The van der Waals surface area contributed by atoms with Crippen LogP contribution in [0, 0.1) is 16.7 Å². The van der Waals surface area contributed by atoms with Crippen LogP contribution in [0.15, 0.2) is 82.9 Å². The molecular weight excluding hydrogens is 681 g/mol. The van der Waals surface area contributed by atoms with Crippen molar-refractivity contribution in [2.75, 3.05) is 26.2 Å². The third-order valence-electron chi connectivity index (χ3n) is 9.55. The molecule has 2 aromatic carbocycles. The lowest BCUT2D eigenvalue weighted by atomic mass is 9.95. The number of aromatic nitrogens is 1. The summed E-state index contributed by atoms with van der Waals surface area (Å²) in [4.78, 5) is 47.0. The molecule has 52 heavy (non-hydrogen) atoms. The van der Waals surface area contributed by atoms with Gasteiger partial charge >= 0.3 is 6.03 Å². The van der Waals surface area contributed by atoms with Gasteiger partial charge in [-0.1, -0.05) is 102 Å². The number of carbonyl (C=O) groups is 2. The van der Waals surface area contributed by atoms with E-state index in [1.165, 1.54) is 16.4 Å². The third-order valence-corrected chi connectivity index (χ3v) is 11.4. The molecule has 1 aromatic heterocycles. The zero-order valence-electron chi connectivity index (χ0n) is 31.2. The maximum atomic E-state index is 14.3. The smallest absolute Gasteiger partial charge is 0.321 e. The topological polar surface area (TPSA) is 153 Å². The first-order valence-electron chi connectivity index (χ1n) is 18.2. The quantitative estimate of drug-likeness (QED) is 0.153. The molecule has 4 rings (SSSR count). The summed E-state index contributed by atoms with van der Waals surface area (Å²) in [5.74, 6) is -0.415. The van der Waals surface area contributed by atoms with Gasteiger partial charge in [-0.15, -0.1) is 0 Å². The second kappa shape index (κ2) is 18.5. The van der Waals surface area contributed by atoms with Gasteiger partial charge in [-0.3, -0.25) is 9.78 Å². The van der Waals surface area contributed by atoms with Gasteiger partial charge in [0.15, 0.2) is 0 Å². The zero-order chi connectivity index (χ0) is 38.0. The van der Waals surface area contributed by atoms with E-state index < -0.39 is 34.1 Å². The Hall–Kier alpha value is -4.20. The summed E-state index contributed by atoms with van der Waals surface area (Å²) in [6.07, 6.45) is -0.422. The molecule has 2 N–H and O–H groups in total. The standard InChI is InChI=1S/C39H54N6O6S/c1-7-29(6)37(45-21-20-43(39(45)48)25-32-14-11-15-34(41-32)28(4)5)38(47)42-35(22-30-12-9-8-10-13-30)36(46)26-44(24-27(2)3)52(50,51)33-18-16-31(17-19-33)23-40-49/h8-19,27-29,35-37,46H,7,20-26H2,1-6H3,(H,42,47)/t29-,35-,36+,37-/m0/s1. The van der Waals surface area contributed by atoms with E-state index >= 15 is 0 Å². The van der Waals surface area contributed by atoms with Crippen molar-refractivity contribution in [2.24, 2.45) is 17.0 Å². The van der Waals surface area contributed by atoms with Crippen LogP contribution in [0.1, 0.15) is 76.4 Å². The fourth-order valence-corrected chi connectivity index (χ4v) is 8.09. The molecule has 282 valence electrons. The van der Waals surface area contributed by atoms with Crippen LogP contribution in [0.2, 0.25) is 0 Å². The first-order chi connectivity index (χ1) is 24.7. The summed E-state index contributed by atoms with van der Waals surface area (Å²) < 4.78 is 29.1. The van der Waals surface area contributed by atoms with Gasteiger partial charge in [0.2, 0.25) is 15.9 Å². The Kier molecular flexibility index (Phi) is 14.5. The average Bonchev–Trinajstić information content (AvgIpc) is 3.46. The van der Waals surface area contributed by atoms with Crippen molar-refractivity contribution in [3.8, 4) is 0 Å². The summed E-state index contributed by atoms with van der Waals surface area (Å²) in [7, 11) is -4.06. The number of carbonyl (C=O) groups excluding carboxylic acids is 2. The lowest BCUT2D eigenvalue weighted by molar-refractivity contribution is -0.128. The molecule has 0 aliphatic carbocycles. The zero-order valence-corrected chi connectivity index (χ0v) is 32.0. The monoisotopic (exact) mass is 734 g/mol. The largest absolute Gasteiger partial charge is 0.390 e. The predicted octanol–water partition coefficient (Wildman–Crippen LogP) is 5.56. The van der Waals surface area contributed by atoms with Gasteiger partial charge in [-0.2, -0.15) is 9.21 Å². The summed E-state index contributed by atoms with van der Waals surface area (Å²) in [6.45, 7) is 12.7. The van der Waals surface area contributed by atoms with Gasteiger partial charge in [0.1, 0.15) is 12.6 Å². The number of sulfonamides is 1. The van der Waals surface area contributed by atoms with Crippen LogP contribution in [0.3, 0.4) is 0 Å². The number of rotatable bonds is 19. The van der Waals surface area contributed by atoms with E-state index in [9.17, 15) is 28.0 Å². The summed E-state index contributed by atoms with van der Waals surface area (Å²) in [6, 6.07) is 19.2.